The highest BCUT2D eigenvalue weighted by Gasteiger charge is 2.31. The lowest BCUT2D eigenvalue weighted by Gasteiger charge is -2.36. The second-order valence-corrected chi connectivity index (χ2v) is 8.06. The lowest BCUT2D eigenvalue weighted by atomic mass is 9.89. The molecule has 1 aromatic carbocycles. The van der Waals surface area contributed by atoms with Crippen LogP contribution in [0, 0.1) is 9.49 Å². The van der Waals surface area contributed by atoms with Crippen LogP contribution >= 0.6 is 38.5 Å². The molecule has 114 valence electrons. The lowest BCUT2D eigenvalue weighted by molar-refractivity contribution is 0.0650. The number of hydrogen-bond donors (Lipinski definition) is 1. The van der Waals surface area contributed by atoms with Crippen LogP contribution in [0.2, 0.25) is 0 Å². The van der Waals surface area contributed by atoms with Crippen LogP contribution < -0.4 is 5.32 Å². The summed E-state index contributed by atoms with van der Waals surface area (Å²) < 4.78 is 2.00. The summed E-state index contributed by atoms with van der Waals surface area (Å²) in [5, 5.41) is 3.60. The predicted molar refractivity (Wildman–Crippen MR) is 96.5 cm³/mol. The van der Waals surface area contributed by atoms with E-state index in [9.17, 15) is 4.79 Å². The van der Waals surface area contributed by atoms with Crippen molar-refractivity contribution in [1.82, 2.24) is 10.2 Å². The molecular formula is C16H20BrIN2O. The molecule has 2 atom stereocenters. The largest absolute Gasteiger partial charge is 0.338 e. The van der Waals surface area contributed by atoms with Crippen molar-refractivity contribution in [3.05, 3.63) is 31.8 Å². The van der Waals surface area contributed by atoms with Crippen LogP contribution in [0.25, 0.3) is 0 Å². The molecule has 0 radical (unpaired) electrons. The van der Waals surface area contributed by atoms with E-state index < -0.39 is 0 Å². The Balaban J connectivity index is 1.73. The van der Waals surface area contributed by atoms with Crippen LogP contribution in [0.4, 0.5) is 0 Å². The van der Waals surface area contributed by atoms with E-state index in [1.165, 1.54) is 19.3 Å². The molecule has 2 saturated heterocycles. The number of nitrogens with one attached hydrogen (secondary N) is 1. The molecule has 0 aromatic heterocycles. The summed E-state index contributed by atoms with van der Waals surface area (Å²) in [6.07, 6.45) is 4.91. The van der Waals surface area contributed by atoms with Gasteiger partial charge in [0.25, 0.3) is 5.91 Å². The quantitative estimate of drug-likeness (QED) is 0.680. The Morgan fingerprint density at radius 2 is 2.19 bits per heavy atom. The van der Waals surface area contributed by atoms with Gasteiger partial charge in [0, 0.05) is 27.2 Å². The second kappa shape index (κ2) is 6.96. The zero-order valence-corrected chi connectivity index (χ0v) is 15.7. The van der Waals surface area contributed by atoms with Crippen LogP contribution in [0.3, 0.4) is 0 Å². The molecule has 2 aliphatic rings. The van der Waals surface area contributed by atoms with E-state index in [0.29, 0.717) is 12.0 Å². The van der Waals surface area contributed by atoms with Crippen molar-refractivity contribution >= 4 is 44.4 Å². The fourth-order valence-electron chi connectivity index (χ4n) is 3.47. The third-order valence-corrected chi connectivity index (χ3v) is 6.01. The molecule has 0 spiro atoms. The minimum atomic E-state index is 0.184. The number of carbonyl (C=O) groups is 1. The van der Waals surface area contributed by atoms with Crippen molar-refractivity contribution in [3.63, 3.8) is 0 Å². The van der Waals surface area contributed by atoms with Gasteiger partial charge in [0.15, 0.2) is 0 Å². The molecule has 0 aliphatic carbocycles. The van der Waals surface area contributed by atoms with Gasteiger partial charge in [-0.05, 0) is 78.9 Å². The van der Waals surface area contributed by atoms with Crippen LogP contribution in [0.5, 0.6) is 0 Å². The molecule has 2 fully saturated rings. The first kappa shape index (κ1) is 15.7. The van der Waals surface area contributed by atoms with Crippen LogP contribution in [0.1, 0.15) is 36.0 Å². The van der Waals surface area contributed by atoms with Gasteiger partial charge >= 0.3 is 0 Å². The van der Waals surface area contributed by atoms with E-state index in [0.717, 1.165) is 39.7 Å². The van der Waals surface area contributed by atoms with Crippen molar-refractivity contribution in [2.75, 3.05) is 19.6 Å². The van der Waals surface area contributed by atoms with Crippen molar-refractivity contribution < 1.29 is 4.79 Å². The van der Waals surface area contributed by atoms with Gasteiger partial charge < -0.3 is 10.2 Å². The highest BCUT2D eigenvalue weighted by atomic mass is 127. The van der Waals surface area contributed by atoms with E-state index >= 15 is 0 Å². The topological polar surface area (TPSA) is 32.3 Å². The molecule has 3 nitrogen and oxygen atoms in total. The van der Waals surface area contributed by atoms with Crippen molar-refractivity contribution in [2.24, 2.45) is 5.92 Å². The Morgan fingerprint density at radius 1 is 1.33 bits per heavy atom. The smallest absolute Gasteiger partial charge is 0.254 e. The van der Waals surface area contributed by atoms with Crippen molar-refractivity contribution in [1.29, 1.82) is 0 Å². The molecule has 1 amide bonds. The van der Waals surface area contributed by atoms with Crippen molar-refractivity contribution in [3.8, 4) is 0 Å². The number of nitrogens with zero attached hydrogens (tertiary/aromatic N) is 1. The predicted octanol–water partition coefficient (Wildman–Crippen LogP) is 3.66. The van der Waals surface area contributed by atoms with E-state index in [-0.39, 0.29) is 5.91 Å². The molecule has 0 saturated carbocycles. The average Bonchev–Trinajstić information content (AvgIpc) is 3.03. The molecular weight excluding hydrogens is 443 g/mol. The van der Waals surface area contributed by atoms with Gasteiger partial charge in [-0.3, -0.25) is 4.79 Å². The van der Waals surface area contributed by atoms with Gasteiger partial charge in [0.2, 0.25) is 0 Å². The summed E-state index contributed by atoms with van der Waals surface area (Å²) in [5.74, 6) is 0.804. The Morgan fingerprint density at radius 3 is 2.95 bits per heavy atom. The molecule has 3 rings (SSSR count). The van der Waals surface area contributed by atoms with E-state index in [2.05, 4.69) is 48.7 Å². The van der Waals surface area contributed by atoms with Gasteiger partial charge in [-0.1, -0.05) is 15.9 Å². The molecule has 1 N–H and O–H groups in total. The highest BCUT2D eigenvalue weighted by Crippen LogP contribution is 2.27. The minimum absolute atomic E-state index is 0.184. The van der Waals surface area contributed by atoms with Gasteiger partial charge in [-0.15, -0.1) is 0 Å². The standard InChI is InChI=1S/C16H20BrIN2O/c17-12-5-6-14(18)13(9-12)16(21)20-8-2-3-11(10-20)15-4-1-7-19-15/h5-6,9,11,15,19H,1-4,7-8,10H2. The number of hydrogen-bond acceptors (Lipinski definition) is 2. The number of benzene rings is 1. The zero-order chi connectivity index (χ0) is 14.8. The van der Waals surface area contributed by atoms with Gasteiger partial charge in [-0.2, -0.15) is 0 Å². The first-order valence-corrected chi connectivity index (χ1v) is 9.50. The number of halogens is 2. The summed E-state index contributed by atoms with van der Waals surface area (Å²) in [6, 6.07) is 6.54. The maximum absolute atomic E-state index is 12.8. The van der Waals surface area contributed by atoms with Crippen LogP contribution in [0.15, 0.2) is 22.7 Å². The maximum atomic E-state index is 12.8. The maximum Gasteiger partial charge on any atom is 0.254 e. The van der Waals surface area contributed by atoms with Crippen LogP contribution in [-0.2, 0) is 0 Å². The number of rotatable bonds is 2. The van der Waals surface area contributed by atoms with E-state index in [1.54, 1.807) is 0 Å². The normalized spacial score (nSPS) is 26.1. The first-order valence-electron chi connectivity index (χ1n) is 7.63. The van der Waals surface area contributed by atoms with Gasteiger partial charge in [0.1, 0.15) is 0 Å². The monoisotopic (exact) mass is 462 g/mol. The number of likely N-dealkylation sites (tertiary alicyclic amines) is 1. The average molecular weight is 463 g/mol. The number of amides is 1. The molecule has 1 aromatic rings. The number of carbonyl (C=O) groups excluding carboxylic acids is 1. The molecule has 0 bridgehead atoms. The fraction of sp³-hybridized carbons (Fsp3) is 0.562. The summed E-state index contributed by atoms with van der Waals surface area (Å²) in [4.78, 5) is 14.9. The summed E-state index contributed by atoms with van der Waals surface area (Å²) in [7, 11) is 0. The summed E-state index contributed by atoms with van der Waals surface area (Å²) in [5.41, 5.74) is 0.824. The third-order valence-electron chi connectivity index (χ3n) is 4.57. The Kier molecular flexibility index (Phi) is 5.22. The van der Waals surface area contributed by atoms with Gasteiger partial charge in [-0.25, -0.2) is 0 Å². The summed E-state index contributed by atoms with van der Waals surface area (Å²) >= 11 is 5.72. The minimum Gasteiger partial charge on any atom is -0.338 e. The molecule has 2 aliphatic heterocycles. The Hall–Kier alpha value is -0.140. The first-order chi connectivity index (χ1) is 10.1. The van der Waals surface area contributed by atoms with Crippen LogP contribution in [-0.4, -0.2) is 36.5 Å². The third kappa shape index (κ3) is 3.62. The molecule has 5 heteroatoms. The fourth-order valence-corrected chi connectivity index (χ4v) is 4.40. The van der Waals surface area contributed by atoms with Gasteiger partial charge in [0.05, 0.1) is 5.56 Å². The molecule has 2 unspecified atom stereocenters. The number of piperidine rings is 1. The lowest BCUT2D eigenvalue weighted by Crippen LogP contribution is -2.46. The molecule has 2 heterocycles. The second-order valence-electron chi connectivity index (χ2n) is 5.98. The Labute approximate surface area is 148 Å². The Bertz CT molecular complexity index is 531. The van der Waals surface area contributed by atoms with Crippen molar-refractivity contribution in [2.45, 2.75) is 31.7 Å². The van der Waals surface area contributed by atoms with E-state index in [4.69, 9.17) is 0 Å². The van der Waals surface area contributed by atoms with E-state index in [1.807, 2.05) is 18.2 Å². The SMILES string of the molecule is O=C(c1cc(Br)ccc1I)N1CCCC(C2CCCN2)C1. The highest BCUT2D eigenvalue weighted by molar-refractivity contribution is 14.1. The zero-order valence-electron chi connectivity index (χ0n) is 11.9. The molecule has 21 heavy (non-hydrogen) atoms. The summed E-state index contributed by atoms with van der Waals surface area (Å²) in [6.45, 7) is 2.93.